The molecule has 166 valence electrons. The lowest BCUT2D eigenvalue weighted by Crippen LogP contribution is -2.58. The van der Waals surface area contributed by atoms with Gasteiger partial charge in [0.05, 0.1) is 5.54 Å². The first-order valence-corrected chi connectivity index (χ1v) is 10.7. The first kappa shape index (κ1) is 22.6. The molecule has 4 amide bonds. The molecule has 0 radical (unpaired) electrons. The van der Waals surface area contributed by atoms with Crippen molar-refractivity contribution in [1.82, 2.24) is 9.96 Å². The van der Waals surface area contributed by atoms with E-state index in [0.717, 1.165) is 24.0 Å². The fourth-order valence-electron chi connectivity index (χ4n) is 3.93. The van der Waals surface area contributed by atoms with Gasteiger partial charge in [-0.3, -0.25) is 10.1 Å². The van der Waals surface area contributed by atoms with Gasteiger partial charge in [-0.1, -0.05) is 48.7 Å². The van der Waals surface area contributed by atoms with E-state index in [0.29, 0.717) is 23.0 Å². The van der Waals surface area contributed by atoms with E-state index in [1.54, 1.807) is 17.0 Å². The maximum absolute atomic E-state index is 13.4. The van der Waals surface area contributed by atoms with Gasteiger partial charge in [0.2, 0.25) is 0 Å². The third-order valence-corrected chi connectivity index (χ3v) is 5.80. The third kappa shape index (κ3) is 4.51. The van der Waals surface area contributed by atoms with Gasteiger partial charge < -0.3 is 10.2 Å². The van der Waals surface area contributed by atoms with E-state index in [-0.39, 0.29) is 6.03 Å². The number of carbonyl (C=O) groups is 2. The predicted octanol–water partition coefficient (Wildman–Crippen LogP) is 5.37. The summed E-state index contributed by atoms with van der Waals surface area (Å²) >= 11 is 0. The van der Waals surface area contributed by atoms with E-state index in [1.165, 1.54) is 4.90 Å². The molecule has 0 spiro atoms. The van der Waals surface area contributed by atoms with Gasteiger partial charge in [0.15, 0.2) is 6.17 Å². The zero-order valence-electron chi connectivity index (χ0n) is 18.9. The fourth-order valence-corrected chi connectivity index (χ4v) is 3.93. The summed E-state index contributed by atoms with van der Waals surface area (Å²) < 4.78 is 0. The number of rotatable bonds is 6. The smallest absolute Gasteiger partial charge is 0.315 e. The highest BCUT2D eigenvalue weighted by Crippen LogP contribution is 2.38. The lowest BCUT2D eigenvalue weighted by atomic mass is 9.99. The first-order valence-electron chi connectivity index (χ1n) is 10.7. The van der Waals surface area contributed by atoms with Crippen LogP contribution in [0.3, 0.4) is 0 Å². The molecule has 0 bridgehead atoms. The molecule has 7 heteroatoms. The molecule has 0 saturated carbocycles. The molecule has 31 heavy (non-hydrogen) atoms. The molecular weight excluding hydrogens is 392 g/mol. The van der Waals surface area contributed by atoms with Crippen LogP contribution in [0.1, 0.15) is 44.7 Å². The summed E-state index contributed by atoms with van der Waals surface area (Å²) in [7, 11) is 0. The van der Waals surface area contributed by atoms with Crippen LogP contribution in [-0.4, -0.2) is 45.5 Å². The molecule has 1 aliphatic heterocycles. The van der Waals surface area contributed by atoms with Gasteiger partial charge in [-0.15, -0.1) is 0 Å². The lowest BCUT2D eigenvalue weighted by Gasteiger charge is -2.38. The summed E-state index contributed by atoms with van der Waals surface area (Å²) in [4.78, 5) is 29.6. The number of nitrogens with one attached hydrogen (secondary N) is 1. The second-order valence-electron chi connectivity index (χ2n) is 8.66. The van der Waals surface area contributed by atoms with E-state index in [9.17, 15) is 14.8 Å². The molecule has 1 heterocycles. The third-order valence-electron chi connectivity index (χ3n) is 5.80. The average Bonchev–Trinajstić information content (AvgIpc) is 2.93. The summed E-state index contributed by atoms with van der Waals surface area (Å²) in [5.74, 6) is 0. The van der Waals surface area contributed by atoms with Crippen molar-refractivity contribution in [3.63, 3.8) is 0 Å². The standard InChI is InChI=1S/C24H32N4O3/c1-6-7-16-26-23(30)27(20-14-10-18(3)11-15-20)21(24(26,4)5)28(31)22(29)25-19-12-8-17(2)9-13-19/h8-15,21,31H,6-7,16H2,1-5H3,(H,25,29)/t21-/m0/s1. The number of anilines is 2. The molecule has 1 fully saturated rings. The van der Waals surface area contributed by atoms with Crippen molar-refractivity contribution in [1.29, 1.82) is 0 Å². The van der Waals surface area contributed by atoms with Gasteiger partial charge in [-0.25, -0.2) is 9.59 Å². The lowest BCUT2D eigenvalue weighted by molar-refractivity contribution is -0.0949. The Kier molecular flexibility index (Phi) is 6.55. The van der Waals surface area contributed by atoms with E-state index < -0.39 is 17.7 Å². The highest BCUT2D eigenvalue weighted by molar-refractivity contribution is 5.98. The zero-order chi connectivity index (χ0) is 22.8. The van der Waals surface area contributed by atoms with Gasteiger partial charge in [0.25, 0.3) is 0 Å². The van der Waals surface area contributed by atoms with Crippen LogP contribution in [0, 0.1) is 13.8 Å². The molecule has 7 nitrogen and oxygen atoms in total. The maximum atomic E-state index is 13.4. The van der Waals surface area contributed by atoms with Crippen molar-refractivity contribution >= 4 is 23.4 Å². The van der Waals surface area contributed by atoms with Gasteiger partial charge >= 0.3 is 12.1 Å². The second kappa shape index (κ2) is 8.98. The minimum Gasteiger partial charge on any atom is -0.315 e. The van der Waals surface area contributed by atoms with Crippen molar-refractivity contribution in [3.8, 4) is 0 Å². The molecular formula is C24H32N4O3. The van der Waals surface area contributed by atoms with Gasteiger partial charge in [-0.05, 0) is 58.4 Å². The van der Waals surface area contributed by atoms with Crippen LogP contribution >= 0.6 is 0 Å². The summed E-state index contributed by atoms with van der Waals surface area (Å²) in [6.07, 6.45) is 0.876. The van der Waals surface area contributed by atoms with Crippen LogP contribution in [-0.2, 0) is 0 Å². The van der Waals surface area contributed by atoms with Crippen LogP contribution in [0.5, 0.6) is 0 Å². The Morgan fingerprint density at radius 1 is 1.06 bits per heavy atom. The number of nitrogens with zero attached hydrogens (tertiary/aromatic N) is 3. The monoisotopic (exact) mass is 424 g/mol. The molecule has 0 aromatic heterocycles. The number of hydrogen-bond acceptors (Lipinski definition) is 3. The van der Waals surface area contributed by atoms with E-state index in [4.69, 9.17) is 0 Å². The second-order valence-corrected chi connectivity index (χ2v) is 8.66. The SMILES string of the molecule is CCCCN1C(=O)N(c2ccc(C)cc2)[C@@H](N(O)C(=O)Nc2ccc(C)cc2)C1(C)C. The Hall–Kier alpha value is -3.06. The van der Waals surface area contributed by atoms with Crippen LogP contribution < -0.4 is 10.2 Å². The number of unbranched alkanes of at least 4 members (excludes halogenated alkanes) is 1. The average molecular weight is 425 g/mol. The minimum atomic E-state index is -0.898. The Morgan fingerprint density at radius 2 is 1.61 bits per heavy atom. The molecule has 2 aromatic carbocycles. The maximum Gasteiger partial charge on any atom is 0.347 e. The molecule has 0 unspecified atom stereocenters. The van der Waals surface area contributed by atoms with Crippen LogP contribution in [0.25, 0.3) is 0 Å². The minimum absolute atomic E-state index is 0.227. The molecule has 1 aliphatic rings. The Balaban J connectivity index is 1.95. The van der Waals surface area contributed by atoms with Gasteiger partial charge in [-0.2, -0.15) is 5.06 Å². The Labute approximate surface area is 184 Å². The van der Waals surface area contributed by atoms with Crippen LogP contribution in [0.15, 0.2) is 48.5 Å². The largest absolute Gasteiger partial charge is 0.347 e. The number of hydrogen-bond donors (Lipinski definition) is 2. The number of benzene rings is 2. The quantitative estimate of drug-likeness (QED) is 0.483. The molecule has 2 N–H and O–H groups in total. The van der Waals surface area contributed by atoms with Crippen molar-refractivity contribution in [2.75, 3.05) is 16.8 Å². The zero-order valence-corrected chi connectivity index (χ0v) is 18.9. The van der Waals surface area contributed by atoms with Crippen molar-refractivity contribution in [2.24, 2.45) is 0 Å². The number of amides is 4. The van der Waals surface area contributed by atoms with E-state index in [1.807, 2.05) is 64.1 Å². The van der Waals surface area contributed by atoms with Crippen LogP contribution in [0.2, 0.25) is 0 Å². The predicted molar refractivity (Wildman–Crippen MR) is 122 cm³/mol. The summed E-state index contributed by atoms with van der Waals surface area (Å²) in [5, 5.41) is 14.4. The van der Waals surface area contributed by atoms with Gasteiger partial charge in [0, 0.05) is 17.9 Å². The van der Waals surface area contributed by atoms with Crippen LogP contribution in [0.4, 0.5) is 21.0 Å². The first-order chi connectivity index (χ1) is 14.7. The summed E-state index contributed by atoms with van der Waals surface area (Å²) in [6.45, 7) is 10.3. The highest BCUT2D eigenvalue weighted by atomic mass is 16.5. The normalized spacial score (nSPS) is 17.7. The van der Waals surface area contributed by atoms with Gasteiger partial charge in [0.1, 0.15) is 0 Å². The van der Waals surface area contributed by atoms with E-state index >= 15 is 0 Å². The topological polar surface area (TPSA) is 76.1 Å². The summed E-state index contributed by atoms with van der Waals surface area (Å²) in [5.41, 5.74) is 2.53. The molecule has 1 saturated heterocycles. The number of aryl methyl sites for hydroxylation is 2. The molecule has 3 rings (SSSR count). The number of carbonyl (C=O) groups excluding carboxylic acids is 2. The molecule has 0 aliphatic carbocycles. The Morgan fingerprint density at radius 3 is 2.16 bits per heavy atom. The Bertz CT molecular complexity index is 925. The van der Waals surface area contributed by atoms with E-state index in [2.05, 4.69) is 12.2 Å². The van der Waals surface area contributed by atoms with Crippen molar-refractivity contribution < 1.29 is 14.8 Å². The fraction of sp³-hybridized carbons (Fsp3) is 0.417. The summed E-state index contributed by atoms with van der Waals surface area (Å²) in [6, 6.07) is 13.9. The highest BCUT2D eigenvalue weighted by Gasteiger charge is 2.55. The number of hydroxylamine groups is 2. The van der Waals surface area contributed by atoms with Crippen molar-refractivity contribution in [3.05, 3.63) is 59.7 Å². The molecule has 1 atom stereocenters. The molecule has 2 aromatic rings. The number of urea groups is 2. The van der Waals surface area contributed by atoms with Crippen molar-refractivity contribution in [2.45, 2.75) is 59.2 Å².